The molecule has 3 rings (SSSR count). The molecule has 2 heterocycles. The molecule has 0 aliphatic carbocycles. The first-order chi connectivity index (χ1) is 8.83. The van der Waals surface area contributed by atoms with Crippen molar-refractivity contribution in [2.24, 2.45) is 0 Å². The molecule has 0 radical (unpaired) electrons. The molecule has 4 heteroatoms. The summed E-state index contributed by atoms with van der Waals surface area (Å²) in [4.78, 5) is 7.81. The Kier molecular flexibility index (Phi) is 2.86. The molecule has 0 fully saturated rings. The predicted molar refractivity (Wildman–Crippen MR) is 70.1 cm³/mol. The average Bonchev–Trinajstić information content (AvgIpc) is 3.04. The molecule has 2 aromatic heterocycles. The van der Waals surface area contributed by atoms with Crippen LogP contribution in [0.15, 0.2) is 47.1 Å². The maximum absolute atomic E-state index is 5.35. The van der Waals surface area contributed by atoms with Gasteiger partial charge in [-0.25, -0.2) is 4.98 Å². The lowest BCUT2D eigenvalue weighted by Crippen LogP contribution is -2.18. The number of rotatable bonds is 4. The summed E-state index contributed by atoms with van der Waals surface area (Å²) in [6.07, 6.45) is 1.69. The summed E-state index contributed by atoms with van der Waals surface area (Å²) in [7, 11) is 0. The van der Waals surface area contributed by atoms with Crippen molar-refractivity contribution in [3.05, 3.63) is 54.2 Å². The van der Waals surface area contributed by atoms with E-state index >= 15 is 0 Å². The molecule has 0 amide bonds. The number of benzene rings is 1. The SMILES string of the molecule is CC(NCc1nc2ccccc2[nH]1)c1ccco1. The Labute approximate surface area is 105 Å². The number of fused-ring (bicyclic) bond motifs is 1. The van der Waals surface area contributed by atoms with Gasteiger partial charge in [-0.15, -0.1) is 0 Å². The second kappa shape index (κ2) is 4.66. The predicted octanol–water partition coefficient (Wildman–Crippen LogP) is 3.01. The van der Waals surface area contributed by atoms with Crippen molar-refractivity contribution in [3.63, 3.8) is 0 Å². The van der Waals surface area contributed by atoms with Gasteiger partial charge in [-0.1, -0.05) is 12.1 Å². The third-order valence-corrected chi connectivity index (χ3v) is 2.98. The summed E-state index contributed by atoms with van der Waals surface area (Å²) >= 11 is 0. The van der Waals surface area contributed by atoms with Crippen molar-refractivity contribution in [2.75, 3.05) is 0 Å². The van der Waals surface area contributed by atoms with E-state index in [4.69, 9.17) is 4.42 Å². The van der Waals surface area contributed by atoms with Gasteiger partial charge < -0.3 is 14.7 Å². The van der Waals surface area contributed by atoms with Crippen molar-refractivity contribution in [2.45, 2.75) is 19.5 Å². The van der Waals surface area contributed by atoms with Crippen LogP contribution in [0.1, 0.15) is 24.6 Å². The number of aromatic amines is 1. The number of H-pyrrole nitrogens is 1. The fraction of sp³-hybridized carbons (Fsp3) is 0.214. The van der Waals surface area contributed by atoms with E-state index in [0.717, 1.165) is 22.6 Å². The number of nitrogens with zero attached hydrogens (tertiary/aromatic N) is 1. The van der Waals surface area contributed by atoms with Crippen LogP contribution < -0.4 is 5.32 Å². The molecule has 92 valence electrons. The maximum atomic E-state index is 5.35. The molecule has 1 aromatic carbocycles. The van der Waals surface area contributed by atoms with Crippen LogP contribution in [0.3, 0.4) is 0 Å². The molecular weight excluding hydrogens is 226 g/mol. The highest BCUT2D eigenvalue weighted by atomic mass is 16.3. The van der Waals surface area contributed by atoms with Gasteiger partial charge in [0.1, 0.15) is 11.6 Å². The monoisotopic (exact) mass is 241 g/mol. The van der Waals surface area contributed by atoms with E-state index in [1.807, 2.05) is 36.4 Å². The minimum absolute atomic E-state index is 0.174. The zero-order valence-corrected chi connectivity index (χ0v) is 10.2. The molecule has 18 heavy (non-hydrogen) atoms. The number of hydrogen-bond acceptors (Lipinski definition) is 3. The molecule has 1 unspecified atom stereocenters. The lowest BCUT2D eigenvalue weighted by molar-refractivity contribution is 0.427. The number of para-hydroxylation sites is 2. The average molecular weight is 241 g/mol. The minimum atomic E-state index is 0.174. The largest absolute Gasteiger partial charge is 0.468 e. The van der Waals surface area contributed by atoms with Crippen molar-refractivity contribution in [1.29, 1.82) is 0 Å². The summed E-state index contributed by atoms with van der Waals surface area (Å²) < 4.78 is 5.35. The quantitative estimate of drug-likeness (QED) is 0.738. The Morgan fingerprint density at radius 2 is 2.17 bits per heavy atom. The van der Waals surface area contributed by atoms with Crippen molar-refractivity contribution >= 4 is 11.0 Å². The van der Waals surface area contributed by atoms with Gasteiger partial charge in [-0.05, 0) is 31.2 Å². The number of imidazole rings is 1. The molecule has 4 nitrogen and oxygen atoms in total. The molecule has 0 spiro atoms. The molecule has 0 saturated heterocycles. The van der Waals surface area contributed by atoms with E-state index in [0.29, 0.717) is 6.54 Å². The summed E-state index contributed by atoms with van der Waals surface area (Å²) in [6, 6.07) is 12.1. The van der Waals surface area contributed by atoms with E-state index < -0.39 is 0 Å². The Hall–Kier alpha value is -2.07. The highest BCUT2D eigenvalue weighted by molar-refractivity contribution is 5.74. The highest BCUT2D eigenvalue weighted by Crippen LogP contribution is 2.14. The van der Waals surface area contributed by atoms with Gasteiger partial charge in [-0.2, -0.15) is 0 Å². The lowest BCUT2D eigenvalue weighted by Gasteiger charge is -2.09. The Morgan fingerprint density at radius 1 is 1.28 bits per heavy atom. The summed E-state index contributed by atoms with van der Waals surface area (Å²) in [5, 5.41) is 3.37. The van der Waals surface area contributed by atoms with Gasteiger partial charge in [0.15, 0.2) is 0 Å². The topological polar surface area (TPSA) is 53.9 Å². The van der Waals surface area contributed by atoms with Gasteiger partial charge in [0.05, 0.1) is 29.9 Å². The molecule has 0 bridgehead atoms. The van der Waals surface area contributed by atoms with E-state index in [2.05, 4.69) is 22.2 Å². The Bertz CT molecular complexity index is 594. The van der Waals surface area contributed by atoms with Crippen LogP contribution in [0.25, 0.3) is 11.0 Å². The molecule has 0 aliphatic rings. The smallest absolute Gasteiger partial charge is 0.121 e. The zero-order chi connectivity index (χ0) is 12.4. The van der Waals surface area contributed by atoms with Gasteiger partial charge in [0, 0.05) is 0 Å². The normalized spacial score (nSPS) is 12.9. The fourth-order valence-corrected chi connectivity index (χ4v) is 1.98. The van der Waals surface area contributed by atoms with Crippen LogP contribution in [-0.2, 0) is 6.54 Å². The highest BCUT2D eigenvalue weighted by Gasteiger charge is 2.08. The van der Waals surface area contributed by atoms with E-state index in [-0.39, 0.29) is 6.04 Å². The van der Waals surface area contributed by atoms with Crippen LogP contribution in [0.5, 0.6) is 0 Å². The lowest BCUT2D eigenvalue weighted by atomic mass is 10.2. The van der Waals surface area contributed by atoms with Gasteiger partial charge in [0.25, 0.3) is 0 Å². The summed E-state index contributed by atoms with van der Waals surface area (Å²) in [5.74, 6) is 1.88. The minimum Gasteiger partial charge on any atom is -0.468 e. The van der Waals surface area contributed by atoms with Gasteiger partial charge in [0.2, 0.25) is 0 Å². The van der Waals surface area contributed by atoms with Crippen molar-refractivity contribution in [3.8, 4) is 0 Å². The van der Waals surface area contributed by atoms with Crippen LogP contribution in [0.2, 0.25) is 0 Å². The molecule has 3 aromatic rings. The number of nitrogens with one attached hydrogen (secondary N) is 2. The zero-order valence-electron chi connectivity index (χ0n) is 10.2. The molecule has 0 saturated carbocycles. The van der Waals surface area contributed by atoms with Crippen LogP contribution in [0, 0.1) is 0 Å². The number of aromatic nitrogens is 2. The third-order valence-electron chi connectivity index (χ3n) is 2.98. The maximum Gasteiger partial charge on any atom is 0.121 e. The molecule has 1 atom stereocenters. The van der Waals surface area contributed by atoms with Crippen LogP contribution in [-0.4, -0.2) is 9.97 Å². The second-order valence-electron chi connectivity index (χ2n) is 4.32. The first-order valence-corrected chi connectivity index (χ1v) is 6.03. The van der Waals surface area contributed by atoms with Gasteiger partial charge in [-0.3, -0.25) is 0 Å². The Morgan fingerprint density at radius 3 is 2.94 bits per heavy atom. The molecular formula is C14H15N3O. The van der Waals surface area contributed by atoms with Crippen LogP contribution >= 0.6 is 0 Å². The van der Waals surface area contributed by atoms with E-state index in [1.54, 1.807) is 6.26 Å². The fourth-order valence-electron chi connectivity index (χ4n) is 1.98. The van der Waals surface area contributed by atoms with Crippen LogP contribution in [0.4, 0.5) is 0 Å². The van der Waals surface area contributed by atoms with E-state index in [9.17, 15) is 0 Å². The first kappa shape index (κ1) is 11.0. The first-order valence-electron chi connectivity index (χ1n) is 6.03. The summed E-state index contributed by atoms with van der Waals surface area (Å²) in [5.41, 5.74) is 2.07. The third kappa shape index (κ3) is 2.15. The molecule has 2 N–H and O–H groups in total. The summed E-state index contributed by atoms with van der Waals surface area (Å²) in [6.45, 7) is 2.76. The van der Waals surface area contributed by atoms with Crippen molar-refractivity contribution < 1.29 is 4.42 Å². The number of hydrogen-bond donors (Lipinski definition) is 2. The Balaban J connectivity index is 1.69. The second-order valence-corrected chi connectivity index (χ2v) is 4.32. The standard InChI is InChI=1S/C14H15N3O/c1-10(13-7-4-8-18-13)15-9-14-16-11-5-2-3-6-12(11)17-14/h2-8,10,15H,9H2,1H3,(H,16,17). The molecule has 0 aliphatic heterocycles. The van der Waals surface area contributed by atoms with Gasteiger partial charge >= 0.3 is 0 Å². The number of furan rings is 1. The van der Waals surface area contributed by atoms with E-state index in [1.165, 1.54) is 0 Å². The van der Waals surface area contributed by atoms with Crippen molar-refractivity contribution in [1.82, 2.24) is 15.3 Å².